The highest BCUT2D eigenvalue weighted by Crippen LogP contribution is 2.37. The van der Waals surface area contributed by atoms with Crippen LogP contribution in [0.4, 0.5) is 0 Å². The number of sulfone groups is 1. The van der Waals surface area contributed by atoms with Crippen LogP contribution in [-0.2, 0) is 30.8 Å². The van der Waals surface area contributed by atoms with Crippen LogP contribution in [0, 0.1) is 5.41 Å². The topological polar surface area (TPSA) is 178 Å². The summed E-state index contributed by atoms with van der Waals surface area (Å²) in [5.41, 5.74) is 14.0. The van der Waals surface area contributed by atoms with E-state index in [9.17, 15) is 18.0 Å². The largest absolute Gasteiger partial charge is 0.464 e. The monoisotopic (exact) mass is 595 g/mol. The first-order valence-electron chi connectivity index (χ1n) is 13.4. The van der Waals surface area contributed by atoms with E-state index in [1.54, 1.807) is 79.7 Å². The Morgan fingerprint density at radius 1 is 0.953 bits per heavy atom. The zero-order chi connectivity index (χ0) is 30.8. The van der Waals surface area contributed by atoms with Gasteiger partial charge in [-0.3, -0.25) is 20.9 Å². The van der Waals surface area contributed by atoms with Crippen LogP contribution in [-0.4, -0.2) is 37.7 Å². The molecule has 0 saturated carbocycles. The highest BCUT2D eigenvalue weighted by Gasteiger charge is 2.52. The molecule has 1 aromatic heterocycles. The summed E-state index contributed by atoms with van der Waals surface area (Å²) in [4.78, 5) is 28.0. The number of nitrogens with one attached hydrogen (secondary N) is 2. The lowest BCUT2D eigenvalue weighted by atomic mass is 9.98. The Balaban J connectivity index is 1.54. The number of ether oxygens (including phenoxy) is 1. The number of nitrogen functional groups attached to an aromatic ring is 1. The SMILES string of the molecule is CCOC(=O)C(N)(c1ccc2c(C(=O)NCc3ccc(C(=N)N)cc3)cccc2c1)S(=O)(=O)c1cccc2cccnc12. The third kappa shape index (κ3) is 5.31. The van der Waals surface area contributed by atoms with Crippen LogP contribution in [0.5, 0.6) is 0 Å². The normalized spacial score (nSPS) is 12.9. The first kappa shape index (κ1) is 29.4. The van der Waals surface area contributed by atoms with Crippen molar-refractivity contribution in [3.05, 3.63) is 119 Å². The molecule has 10 nitrogen and oxygen atoms in total. The zero-order valence-electron chi connectivity index (χ0n) is 23.2. The number of nitrogens with two attached hydrogens (primary N) is 2. The molecule has 0 radical (unpaired) electrons. The predicted octanol–water partition coefficient (Wildman–Crippen LogP) is 3.75. The van der Waals surface area contributed by atoms with Crippen LogP contribution < -0.4 is 16.8 Å². The third-order valence-electron chi connectivity index (χ3n) is 7.16. The smallest absolute Gasteiger partial charge is 0.347 e. The van der Waals surface area contributed by atoms with Crippen molar-refractivity contribution in [2.75, 3.05) is 6.61 Å². The summed E-state index contributed by atoms with van der Waals surface area (Å²) in [6.45, 7) is 1.71. The number of hydrogen-bond donors (Lipinski definition) is 4. The van der Waals surface area contributed by atoms with E-state index < -0.39 is 20.7 Å². The van der Waals surface area contributed by atoms with Gasteiger partial charge < -0.3 is 15.8 Å². The number of carbonyl (C=O) groups excluding carboxylic acids is 2. The minimum atomic E-state index is -4.60. The molecule has 6 N–H and O–H groups in total. The Morgan fingerprint density at radius 3 is 2.37 bits per heavy atom. The van der Waals surface area contributed by atoms with Crippen molar-refractivity contribution >= 4 is 49.2 Å². The Morgan fingerprint density at radius 2 is 1.65 bits per heavy atom. The van der Waals surface area contributed by atoms with E-state index in [-0.39, 0.29) is 40.9 Å². The van der Waals surface area contributed by atoms with Gasteiger partial charge in [0.2, 0.25) is 14.7 Å². The zero-order valence-corrected chi connectivity index (χ0v) is 24.0. The van der Waals surface area contributed by atoms with Gasteiger partial charge in [0.15, 0.2) is 0 Å². The number of para-hydroxylation sites is 1. The van der Waals surface area contributed by atoms with Crippen molar-refractivity contribution in [3.63, 3.8) is 0 Å². The van der Waals surface area contributed by atoms with Crippen LogP contribution in [0.3, 0.4) is 0 Å². The predicted molar refractivity (Wildman–Crippen MR) is 164 cm³/mol. The average molecular weight is 596 g/mol. The summed E-state index contributed by atoms with van der Waals surface area (Å²) >= 11 is 0. The molecule has 0 fully saturated rings. The number of pyridine rings is 1. The molecule has 11 heteroatoms. The molecular formula is C32H29N5O5S. The van der Waals surface area contributed by atoms with E-state index in [0.717, 1.165) is 5.56 Å². The number of amides is 1. The van der Waals surface area contributed by atoms with E-state index in [0.29, 0.717) is 27.3 Å². The molecule has 0 bridgehead atoms. The molecule has 4 aromatic carbocycles. The second-order valence-corrected chi connectivity index (χ2v) is 11.9. The lowest BCUT2D eigenvalue weighted by molar-refractivity contribution is -0.146. The van der Waals surface area contributed by atoms with Crippen LogP contribution in [0.15, 0.2) is 102 Å². The molecule has 1 heterocycles. The lowest BCUT2D eigenvalue weighted by Crippen LogP contribution is -2.52. The number of hydrogen-bond acceptors (Lipinski definition) is 8. The van der Waals surface area contributed by atoms with Crippen LogP contribution in [0.2, 0.25) is 0 Å². The molecule has 218 valence electrons. The first-order chi connectivity index (χ1) is 20.6. The fourth-order valence-electron chi connectivity index (χ4n) is 4.88. The highest BCUT2D eigenvalue weighted by atomic mass is 32.2. The Hall–Kier alpha value is -5.13. The Bertz CT molecular complexity index is 1990. The number of esters is 1. The van der Waals surface area contributed by atoms with Gasteiger partial charge in [0.25, 0.3) is 5.91 Å². The van der Waals surface area contributed by atoms with Gasteiger partial charge in [-0.15, -0.1) is 0 Å². The van der Waals surface area contributed by atoms with E-state index in [1.165, 1.54) is 24.4 Å². The molecule has 0 aliphatic heterocycles. The van der Waals surface area contributed by atoms with E-state index in [1.807, 2.05) is 0 Å². The van der Waals surface area contributed by atoms with Crippen LogP contribution in [0.1, 0.15) is 34.0 Å². The molecule has 0 aliphatic rings. The van der Waals surface area contributed by atoms with Crippen molar-refractivity contribution in [1.29, 1.82) is 5.41 Å². The number of aromatic nitrogens is 1. The van der Waals surface area contributed by atoms with Crippen molar-refractivity contribution in [1.82, 2.24) is 10.3 Å². The fraction of sp³-hybridized carbons (Fsp3) is 0.125. The fourth-order valence-corrected chi connectivity index (χ4v) is 6.63. The molecule has 0 aliphatic carbocycles. The average Bonchev–Trinajstić information content (AvgIpc) is 3.02. The van der Waals surface area contributed by atoms with Gasteiger partial charge in [-0.05, 0) is 53.1 Å². The van der Waals surface area contributed by atoms with E-state index in [4.69, 9.17) is 21.6 Å². The van der Waals surface area contributed by atoms with Crippen molar-refractivity contribution < 1.29 is 22.7 Å². The molecule has 1 atom stereocenters. The Kier molecular flexibility index (Phi) is 7.94. The Labute approximate surface area is 248 Å². The van der Waals surface area contributed by atoms with Crippen LogP contribution >= 0.6 is 0 Å². The van der Waals surface area contributed by atoms with Gasteiger partial charge in [0, 0.05) is 29.3 Å². The van der Waals surface area contributed by atoms with Gasteiger partial charge in [-0.1, -0.05) is 66.7 Å². The van der Waals surface area contributed by atoms with E-state index >= 15 is 0 Å². The molecule has 5 rings (SSSR count). The number of carbonyl (C=O) groups is 2. The molecular weight excluding hydrogens is 566 g/mol. The maximum atomic E-state index is 14.2. The first-order valence-corrected chi connectivity index (χ1v) is 14.9. The lowest BCUT2D eigenvalue weighted by Gasteiger charge is -2.28. The molecule has 5 aromatic rings. The number of nitrogens with zero attached hydrogens (tertiary/aromatic N) is 1. The van der Waals surface area contributed by atoms with Gasteiger partial charge in [-0.25, -0.2) is 13.2 Å². The quantitative estimate of drug-likeness (QED) is 0.113. The number of benzene rings is 4. The number of fused-ring (bicyclic) bond motifs is 2. The minimum Gasteiger partial charge on any atom is -0.464 e. The summed E-state index contributed by atoms with van der Waals surface area (Å²) < 4.78 is 33.7. The summed E-state index contributed by atoms with van der Waals surface area (Å²) in [5.74, 6) is -1.53. The molecule has 0 spiro atoms. The standard InChI is InChI=1S/C32H29N5O5S/c1-2-42-31(39)32(35,43(40,41)27-10-4-6-21-8-5-17-36-28(21)27)24-15-16-25-23(18-24)7-3-9-26(25)30(38)37-19-20-11-13-22(14-12-20)29(33)34/h3-18H,2,19,35H2,1H3,(H3,33,34)(H,37,38). The molecule has 1 unspecified atom stereocenters. The summed E-state index contributed by atoms with van der Waals surface area (Å²) in [6, 6.07) is 24.5. The van der Waals surface area contributed by atoms with Gasteiger partial charge >= 0.3 is 5.97 Å². The second-order valence-electron chi connectivity index (χ2n) is 9.83. The van der Waals surface area contributed by atoms with Crippen molar-refractivity contribution in [2.45, 2.75) is 23.2 Å². The summed E-state index contributed by atoms with van der Waals surface area (Å²) in [5, 5.41) is 12.0. The molecule has 43 heavy (non-hydrogen) atoms. The molecule has 0 saturated heterocycles. The number of rotatable bonds is 9. The van der Waals surface area contributed by atoms with Gasteiger partial charge in [-0.2, -0.15) is 0 Å². The highest BCUT2D eigenvalue weighted by molar-refractivity contribution is 7.93. The maximum absolute atomic E-state index is 14.2. The minimum absolute atomic E-state index is 0.0190. The van der Waals surface area contributed by atoms with Gasteiger partial charge in [0.1, 0.15) is 5.84 Å². The third-order valence-corrected chi connectivity index (χ3v) is 9.32. The van der Waals surface area contributed by atoms with Crippen molar-refractivity contribution in [3.8, 4) is 0 Å². The van der Waals surface area contributed by atoms with Crippen molar-refractivity contribution in [2.24, 2.45) is 11.5 Å². The maximum Gasteiger partial charge on any atom is 0.347 e. The van der Waals surface area contributed by atoms with Crippen LogP contribution in [0.25, 0.3) is 21.7 Å². The summed E-state index contributed by atoms with van der Waals surface area (Å²) in [6.07, 6.45) is 1.47. The summed E-state index contributed by atoms with van der Waals surface area (Å²) in [7, 11) is -4.60. The molecule has 1 amide bonds. The van der Waals surface area contributed by atoms with E-state index in [2.05, 4.69) is 10.3 Å². The second kappa shape index (κ2) is 11.6. The van der Waals surface area contributed by atoms with Gasteiger partial charge in [0.05, 0.1) is 17.0 Å². The number of amidine groups is 1.